The second-order valence-electron chi connectivity index (χ2n) is 16.5. The van der Waals surface area contributed by atoms with Gasteiger partial charge in [0.25, 0.3) is 0 Å². The average molecular weight is 802 g/mol. The monoisotopic (exact) mass is 802 g/mol. The largest absolute Gasteiger partial charge is 0.394 e. The van der Waals surface area contributed by atoms with E-state index in [1.165, 1.54) is 122 Å². The van der Waals surface area contributed by atoms with Crippen molar-refractivity contribution in [3.8, 4) is 0 Å². The molecule has 0 saturated carbocycles. The van der Waals surface area contributed by atoms with Crippen LogP contribution >= 0.6 is 0 Å². The molecule has 8 N–H and O–H groups in total. The van der Waals surface area contributed by atoms with E-state index in [0.717, 1.165) is 38.5 Å². The van der Waals surface area contributed by atoms with E-state index in [4.69, 9.17) is 9.47 Å². The van der Waals surface area contributed by atoms with Gasteiger partial charge in [0, 0.05) is 0 Å². The van der Waals surface area contributed by atoms with Gasteiger partial charge in [0.1, 0.15) is 36.6 Å². The first-order valence-corrected chi connectivity index (χ1v) is 23.1. The van der Waals surface area contributed by atoms with Gasteiger partial charge in [-0.3, -0.25) is 4.79 Å². The Bertz CT molecular complexity index is 923. The minimum absolute atomic E-state index is 0.260. The molecule has 0 bridgehead atoms. The Labute approximate surface area is 341 Å². The molecule has 0 unspecified atom stereocenters. The molecule has 1 saturated heterocycles. The molecule has 0 spiro atoms. The lowest BCUT2D eigenvalue weighted by atomic mass is 9.98. The van der Waals surface area contributed by atoms with Crippen LogP contribution in [0, 0.1) is 0 Å². The summed E-state index contributed by atoms with van der Waals surface area (Å²) >= 11 is 0. The normalized spacial score (nSPS) is 22.3. The number of allylic oxidation sites excluding steroid dienone is 2. The summed E-state index contributed by atoms with van der Waals surface area (Å²) in [6, 6.07) is -1.16. The van der Waals surface area contributed by atoms with Crippen LogP contribution in [0.2, 0.25) is 0 Å². The molecule has 0 radical (unpaired) electrons. The van der Waals surface area contributed by atoms with Crippen molar-refractivity contribution in [3.05, 3.63) is 12.2 Å². The summed E-state index contributed by atoms with van der Waals surface area (Å²) < 4.78 is 11.1. The van der Waals surface area contributed by atoms with Crippen molar-refractivity contribution in [3.63, 3.8) is 0 Å². The molecule has 1 aliphatic heterocycles. The lowest BCUT2D eigenvalue weighted by Crippen LogP contribution is -2.60. The Morgan fingerprint density at radius 3 is 1.50 bits per heavy atom. The first-order valence-electron chi connectivity index (χ1n) is 23.1. The van der Waals surface area contributed by atoms with Gasteiger partial charge in [-0.1, -0.05) is 174 Å². The Kier molecular flexibility index (Phi) is 33.8. The van der Waals surface area contributed by atoms with Crippen LogP contribution in [-0.2, 0) is 14.3 Å². The van der Waals surface area contributed by atoms with Crippen molar-refractivity contribution < 1.29 is 50.0 Å². The maximum Gasteiger partial charge on any atom is 0.249 e. The summed E-state index contributed by atoms with van der Waals surface area (Å²) in [4.78, 5) is 13.1. The van der Waals surface area contributed by atoms with Crippen LogP contribution in [-0.4, -0.2) is 110 Å². The second kappa shape index (κ2) is 35.8. The van der Waals surface area contributed by atoms with E-state index < -0.39 is 74.2 Å². The number of hydrogen-bond acceptors (Lipinski definition) is 10. The Hall–Kier alpha value is -1.15. The third-order valence-corrected chi connectivity index (χ3v) is 11.3. The van der Waals surface area contributed by atoms with Gasteiger partial charge in [-0.05, 0) is 38.5 Å². The van der Waals surface area contributed by atoms with Crippen LogP contribution in [0.5, 0.6) is 0 Å². The molecule has 1 rings (SSSR count). The number of aliphatic hydroxyl groups is 7. The molecule has 0 aliphatic carbocycles. The molecule has 1 aliphatic rings. The van der Waals surface area contributed by atoms with Gasteiger partial charge in [0.2, 0.25) is 5.91 Å². The lowest BCUT2D eigenvalue weighted by molar-refractivity contribution is -0.303. The molecule has 0 aromatic heterocycles. The highest BCUT2D eigenvalue weighted by atomic mass is 16.7. The fourth-order valence-electron chi connectivity index (χ4n) is 7.43. The molecule has 1 amide bonds. The number of ether oxygens (including phenoxy) is 2. The summed E-state index contributed by atoms with van der Waals surface area (Å²) in [6.07, 6.45) is 25.5. The molecular weight excluding hydrogens is 714 g/mol. The zero-order valence-corrected chi connectivity index (χ0v) is 35.6. The molecule has 11 heteroatoms. The number of carbonyl (C=O) groups excluding carboxylic acids is 1. The third-order valence-electron chi connectivity index (χ3n) is 11.3. The number of carbonyl (C=O) groups is 1. The van der Waals surface area contributed by atoms with Gasteiger partial charge < -0.3 is 50.5 Å². The van der Waals surface area contributed by atoms with Crippen LogP contribution in [0.3, 0.4) is 0 Å². The first kappa shape index (κ1) is 52.9. The standard InChI is InChI=1S/C45H87NO10/c1-3-5-7-9-11-13-15-16-17-18-19-20-21-22-23-25-27-29-31-33-38(49)44(54)46-36(35-55-45-43(53)42(52)41(51)39(34-47)56-45)40(50)37(48)32-30-28-26-24-14-12-10-8-6-4-2/h16-17,36-43,45,47-53H,3-15,18-35H2,1-2H3,(H,46,54)/b17-16-/t36-,37+,38+,39+,40-,41+,42-,43+,45+/m0/s1. The highest BCUT2D eigenvalue weighted by Gasteiger charge is 2.44. The summed E-state index contributed by atoms with van der Waals surface area (Å²) in [6.45, 7) is 3.41. The molecular formula is C45H87NO10. The van der Waals surface area contributed by atoms with Crippen molar-refractivity contribution >= 4 is 5.91 Å². The Balaban J connectivity index is 2.41. The predicted octanol–water partition coefficient (Wildman–Crippen LogP) is 7.28. The predicted molar refractivity (Wildman–Crippen MR) is 224 cm³/mol. The van der Waals surface area contributed by atoms with Gasteiger partial charge in [0.15, 0.2) is 6.29 Å². The molecule has 9 atom stereocenters. The molecule has 11 nitrogen and oxygen atoms in total. The van der Waals surface area contributed by atoms with Crippen LogP contribution in [0.25, 0.3) is 0 Å². The van der Waals surface area contributed by atoms with Crippen LogP contribution in [0.15, 0.2) is 12.2 Å². The summed E-state index contributed by atoms with van der Waals surface area (Å²) in [5.41, 5.74) is 0. The summed E-state index contributed by atoms with van der Waals surface area (Å²) in [7, 11) is 0. The molecule has 332 valence electrons. The van der Waals surface area contributed by atoms with E-state index in [2.05, 4.69) is 31.3 Å². The molecule has 56 heavy (non-hydrogen) atoms. The first-order chi connectivity index (χ1) is 27.2. The van der Waals surface area contributed by atoms with Gasteiger partial charge in [-0.25, -0.2) is 0 Å². The number of aliphatic hydroxyl groups excluding tert-OH is 7. The topological polar surface area (TPSA) is 189 Å². The number of unbranched alkanes of at least 4 members (excludes halogenated alkanes) is 24. The highest BCUT2D eigenvalue weighted by molar-refractivity contribution is 5.80. The van der Waals surface area contributed by atoms with Gasteiger partial charge >= 0.3 is 0 Å². The molecule has 1 fully saturated rings. The summed E-state index contributed by atoms with van der Waals surface area (Å²) in [5, 5.41) is 75.5. The molecule has 0 aromatic rings. The zero-order valence-electron chi connectivity index (χ0n) is 35.6. The van der Waals surface area contributed by atoms with Crippen LogP contribution in [0.4, 0.5) is 0 Å². The molecule has 0 aromatic carbocycles. The van der Waals surface area contributed by atoms with Gasteiger partial charge in [0.05, 0.1) is 25.4 Å². The van der Waals surface area contributed by atoms with Crippen molar-refractivity contribution in [1.29, 1.82) is 0 Å². The summed E-state index contributed by atoms with van der Waals surface area (Å²) in [5.74, 6) is -0.699. The Morgan fingerprint density at radius 1 is 0.607 bits per heavy atom. The van der Waals surface area contributed by atoms with Crippen molar-refractivity contribution in [2.75, 3.05) is 13.2 Å². The second-order valence-corrected chi connectivity index (χ2v) is 16.5. The minimum Gasteiger partial charge on any atom is -0.394 e. The van der Waals surface area contributed by atoms with E-state index in [1.54, 1.807) is 0 Å². The van der Waals surface area contributed by atoms with Crippen LogP contribution in [0.1, 0.15) is 200 Å². The molecule has 1 heterocycles. The van der Waals surface area contributed by atoms with Gasteiger partial charge in [-0.2, -0.15) is 0 Å². The lowest BCUT2D eigenvalue weighted by Gasteiger charge is -2.40. The number of nitrogens with one attached hydrogen (secondary N) is 1. The fraction of sp³-hybridized carbons (Fsp3) is 0.933. The quantitative estimate of drug-likeness (QED) is 0.0233. The van der Waals surface area contributed by atoms with Crippen molar-refractivity contribution in [2.45, 2.75) is 255 Å². The van der Waals surface area contributed by atoms with E-state index in [9.17, 15) is 40.5 Å². The van der Waals surface area contributed by atoms with E-state index in [0.29, 0.717) is 19.3 Å². The van der Waals surface area contributed by atoms with Crippen molar-refractivity contribution in [2.24, 2.45) is 0 Å². The third kappa shape index (κ3) is 25.4. The minimum atomic E-state index is -1.66. The maximum atomic E-state index is 13.1. The average Bonchev–Trinajstić information content (AvgIpc) is 3.20. The Morgan fingerprint density at radius 2 is 1.04 bits per heavy atom. The number of rotatable bonds is 38. The maximum absolute atomic E-state index is 13.1. The highest BCUT2D eigenvalue weighted by Crippen LogP contribution is 2.23. The van der Waals surface area contributed by atoms with E-state index in [1.807, 2.05) is 0 Å². The van der Waals surface area contributed by atoms with Crippen LogP contribution < -0.4 is 5.32 Å². The van der Waals surface area contributed by atoms with E-state index >= 15 is 0 Å². The number of amides is 1. The van der Waals surface area contributed by atoms with E-state index in [-0.39, 0.29) is 6.42 Å². The SMILES string of the molecule is CCCCCCCC/C=C\CCCCCCCCCCC[C@@H](O)C(=O)N[C@@H](CO[C@@H]1O[C@H](CO)[C@@H](O)[C@H](O)[C@H]1O)[C@H](O)[C@H](O)CCCCCCCCCCCC. The zero-order chi connectivity index (χ0) is 41.2. The smallest absolute Gasteiger partial charge is 0.249 e. The van der Waals surface area contributed by atoms with Gasteiger partial charge in [-0.15, -0.1) is 0 Å². The number of hydrogen-bond donors (Lipinski definition) is 8. The fourth-order valence-corrected chi connectivity index (χ4v) is 7.43. The van der Waals surface area contributed by atoms with Crippen molar-refractivity contribution in [1.82, 2.24) is 5.32 Å².